The second-order valence-electron chi connectivity index (χ2n) is 6.89. The summed E-state index contributed by atoms with van der Waals surface area (Å²) >= 11 is 0. The van der Waals surface area contributed by atoms with Crippen LogP contribution < -0.4 is 0 Å². The van der Waals surface area contributed by atoms with Gasteiger partial charge in [0.15, 0.2) is 0 Å². The zero-order valence-electron chi connectivity index (χ0n) is 14.3. The van der Waals surface area contributed by atoms with Crippen molar-refractivity contribution in [3.05, 3.63) is 11.8 Å². The molecular formula is C17H31NO3. The van der Waals surface area contributed by atoms with E-state index in [1.807, 2.05) is 47.6 Å². The van der Waals surface area contributed by atoms with Crippen molar-refractivity contribution in [3.8, 4) is 0 Å². The number of carbonyl (C=O) groups is 1. The SMILES string of the molecule is CC(C)[C@@H](O)[C@H]1C=C(OC(=O)N(C(C)C)C(C)C)CCC1. The Kier molecular flexibility index (Phi) is 6.72. The third kappa shape index (κ3) is 5.03. The van der Waals surface area contributed by atoms with Crippen molar-refractivity contribution in [3.63, 3.8) is 0 Å². The molecular weight excluding hydrogens is 266 g/mol. The molecule has 1 aliphatic rings. The maximum Gasteiger partial charge on any atom is 0.415 e. The maximum absolute atomic E-state index is 12.3. The number of hydrogen-bond acceptors (Lipinski definition) is 3. The first-order chi connectivity index (χ1) is 9.73. The number of amides is 1. The molecule has 0 heterocycles. The highest BCUT2D eigenvalue weighted by Crippen LogP contribution is 2.29. The number of ether oxygens (including phenoxy) is 1. The van der Waals surface area contributed by atoms with E-state index in [1.54, 1.807) is 4.90 Å². The number of aliphatic hydroxyl groups excluding tert-OH is 1. The summed E-state index contributed by atoms with van der Waals surface area (Å²) in [6.45, 7) is 12.0. The van der Waals surface area contributed by atoms with Gasteiger partial charge >= 0.3 is 6.09 Å². The number of aliphatic hydroxyl groups is 1. The lowest BCUT2D eigenvalue weighted by atomic mass is 9.85. The molecule has 0 bridgehead atoms. The molecule has 0 unspecified atom stereocenters. The summed E-state index contributed by atoms with van der Waals surface area (Å²) in [6.07, 6.45) is 3.98. The smallest absolute Gasteiger partial charge is 0.415 e. The Balaban J connectivity index is 2.74. The van der Waals surface area contributed by atoms with Crippen molar-refractivity contribution in [2.45, 2.75) is 79.0 Å². The van der Waals surface area contributed by atoms with Gasteiger partial charge in [-0.1, -0.05) is 13.8 Å². The van der Waals surface area contributed by atoms with Crippen molar-refractivity contribution in [2.24, 2.45) is 11.8 Å². The van der Waals surface area contributed by atoms with E-state index in [0.29, 0.717) is 5.76 Å². The first-order valence-corrected chi connectivity index (χ1v) is 8.13. The van der Waals surface area contributed by atoms with Crippen LogP contribution in [0.25, 0.3) is 0 Å². The average Bonchev–Trinajstić information content (AvgIpc) is 2.36. The minimum Gasteiger partial charge on any atom is -0.415 e. The molecule has 1 rings (SSSR count). The Hall–Kier alpha value is -1.03. The van der Waals surface area contributed by atoms with Gasteiger partial charge in [-0.05, 0) is 52.5 Å². The predicted molar refractivity (Wildman–Crippen MR) is 84.9 cm³/mol. The van der Waals surface area contributed by atoms with E-state index < -0.39 is 0 Å². The second kappa shape index (κ2) is 7.83. The summed E-state index contributed by atoms with van der Waals surface area (Å²) in [6, 6.07) is 0.220. The molecule has 122 valence electrons. The van der Waals surface area contributed by atoms with Crippen molar-refractivity contribution in [2.75, 3.05) is 0 Å². The maximum atomic E-state index is 12.3. The van der Waals surface area contributed by atoms with Crippen LogP contribution >= 0.6 is 0 Å². The van der Waals surface area contributed by atoms with Gasteiger partial charge in [-0.2, -0.15) is 0 Å². The third-order valence-corrected chi connectivity index (χ3v) is 4.02. The molecule has 0 radical (unpaired) electrons. The molecule has 0 saturated heterocycles. The van der Waals surface area contributed by atoms with E-state index in [1.165, 1.54) is 0 Å². The van der Waals surface area contributed by atoms with Crippen molar-refractivity contribution >= 4 is 6.09 Å². The topological polar surface area (TPSA) is 49.8 Å². The number of nitrogens with zero attached hydrogens (tertiary/aromatic N) is 1. The molecule has 0 aromatic carbocycles. The van der Waals surface area contributed by atoms with E-state index in [9.17, 15) is 9.90 Å². The Labute approximate surface area is 129 Å². The molecule has 0 aromatic rings. The molecule has 0 aliphatic heterocycles. The van der Waals surface area contributed by atoms with Gasteiger partial charge < -0.3 is 14.7 Å². The molecule has 2 atom stereocenters. The van der Waals surface area contributed by atoms with E-state index in [4.69, 9.17) is 4.74 Å². The lowest BCUT2D eigenvalue weighted by Crippen LogP contribution is -2.42. The fraction of sp³-hybridized carbons (Fsp3) is 0.824. The van der Waals surface area contributed by atoms with Crippen molar-refractivity contribution in [1.82, 2.24) is 4.90 Å². The normalized spacial score (nSPS) is 20.7. The minimum atomic E-state index is -0.370. The van der Waals surface area contributed by atoms with Crippen LogP contribution in [0.2, 0.25) is 0 Å². The summed E-state index contributed by atoms with van der Waals surface area (Å²) in [5.74, 6) is 1.01. The predicted octanol–water partition coefficient (Wildman–Crippen LogP) is 3.94. The molecule has 0 aromatic heterocycles. The van der Waals surface area contributed by atoms with Crippen LogP contribution in [-0.2, 0) is 4.74 Å². The van der Waals surface area contributed by atoms with Crippen molar-refractivity contribution in [1.29, 1.82) is 0 Å². The van der Waals surface area contributed by atoms with Gasteiger partial charge in [0.05, 0.1) is 6.10 Å². The van der Waals surface area contributed by atoms with Gasteiger partial charge in [0.2, 0.25) is 0 Å². The second-order valence-corrected chi connectivity index (χ2v) is 6.89. The number of carbonyl (C=O) groups excluding carboxylic acids is 1. The average molecular weight is 297 g/mol. The fourth-order valence-electron chi connectivity index (χ4n) is 2.95. The van der Waals surface area contributed by atoms with Gasteiger partial charge in [-0.25, -0.2) is 4.79 Å². The molecule has 4 nitrogen and oxygen atoms in total. The summed E-state index contributed by atoms with van der Waals surface area (Å²) in [5, 5.41) is 10.2. The van der Waals surface area contributed by atoms with Gasteiger partial charge in [-0.15, -0.1) is 0 Å². The summed E-state index contributed by atoms with van der Waals surface area (Å²) in [5.41, 5.74) is 0. The lowest BCUT2D eigenvalue weighted by Gasteiger charge is -2.31. The summed E-state index contributed by atoms with van der Waals surface area (Å²) < 4.78 is 5.57. The van der Waals surface area contributed by atoms with Crippen LogP contribution in [-0.4, -0.2) is 34.3 Å². The Morgan fingerprint density at radius 2 is 1.81 bits per heavy atom. The van der Waals surface area contributed by atoms with Crippen LogP contribution in [0.3, 0.4) is 0 Å². The zero-order valence-corrected chi connectivity index (χ0v) is 14.3. The summed E-state index contributed by atoms with van der Waals surface area (Å²) in [7, 11) is 0. The lowest BCUT2D eigenvalue weighted by molar-refractivity contribution is 0.0679. The highest BCUT2D eigenvalue weighted by atomic mass is 16.6. The highest BCUT2D eigenvalue weighted by molar-refractivity contribution is 5.69. The minimum absolute atomic E-state index is 0.0908. The number of hydrogen-bond donors (Lipinski definition) is 1. The summed E-state index contributed by atoms with van der Waals surface area (Å²) in [4.78, 5) is 14.0. The first kappa shape index (κ1) is 18.0. The third-order valence-electron chi connectivity index (χ3n) is 4.02. The van der Waals surface area contributed by atoms with Crippen LogP contribution in [0.15, 0.2) is 11.8 Å². The van der Waals surface area contributed by atoms with Gasteiger partial charge in [-0.3, -0.25) is 0 Å². The molecule has 1 aliphatic carbocycles. The van der Waals surface area contributed by atoms with Gasteiger partial charge in [0, 0.05) is 24.4 Å². The molecule has 0 saturated carbocycles. The van der Waals surface area contributed by atoms with Crippen LogP contribution in [0.1, 0.15) is 60.8 Å². The van der Waals surface area contributed by atoms with Crippen LogP contribution in [0.5, 0.6) is 0 Å². The number of allylic oxidation sites excluding steroid dienone is 1. The molecule has 1 N–H and O–H groups in total. The molecule has 0 fully saturated rings. The number of rotatable bonds is 5. The molecule has 1 amide bonds. The Morgan fingerprint density at radius 1 is 1.24 bits per heavy atom. The van der Waals surface area contributed by atoms with Crippen LogP contribution in [0, 0.1) is 11.8 Å². The quantitative estimate of drug-likeness (QED) is 0.836. The first-order valence-electron chi connectivity index (χ1n) is 8.13. The monoisotopic (exact) mass is 297 g/mol. The molecule has 4 heteroatoms. The molecule has 0 spiro atoms. The van der Waals surface area contributed by atoms with Gasteiger partial charge in [0.25, 0.3) is 0 Å². The van der Waals surface area contributed by atoms with Crippen molar-refractivity contribution < 1.29 is 14.6 Å². The Morgan fingerprint density at radius 3 is 2.29 bits per heavy atom. The Bertz CT molecular complexity index is 366. The molecule has 21 heavy (non-hydrogen) atoms. The largest absolute Gasteiger partial charge is 0.415 e. The fourth-order valence-corrected chi connectivity index (χ4v) is 2.95. The van der Waals surface area contributed by atoms with Crippen LogP contribution in [0.4, 0.5) is 4.79 Å². The van der Waals surface area contributed by atoms with E-state index in [0.717, 1.165) is 19.3 Å². The van der Waals surface area contributed by atoms with E-state index in [-0.39, 0.29) is 36.1 Å². The van der Waals surface area contributed by atoms with Gasteiger partial charge in [0.1, 0.15) is 5.76 Å². The zero-order chi connectivity index (χ0) is 16.2. The van der Waals surface area contributed by atoms with E-state index in [2.05, 4.69) is 0 Å². The van der Waals surface area contributed by atoms with E-state index >= 15 is 0 Å². The standard InChI is InChI=1S/C17H31NO3/c1-11(2)16(19)14-8-7-9-15(10-14)21-17(20)18(12(3)4)13(5)6/h10-14,16,19H,7-9H2,1-6H3/t14-,16-/m1/s1. The highest BCUT2D eigenvalue weighted by Gasteiger charge is 2.27.